The average Bonchev–Trinajstić information content (AvgIpc) is 2.51. The van der Waals surface area contributed by atoms with E-state index in [0.29, 0.717) is 5.56 Å². The molecule has 1 aromatic carbocycles. The normalized spacial score (nSPS) is 18.6. The molecule has 0 fully saturated rings. The van der Waals surface area contributed by atoms with Crippen molar-refractivity contribution in [3.63, 3.8) is 0 Å². The first-order valence-electron chi connectivity index (χ1n) is 6.45. The minimum Gasteiger partial charge on any atom is -0.508 e. The SMILES string of the molecule is CC(C(=O)C(O)C(O)C(O)C(O)CO)c1ccc(O)cc1. The number of ketones is 1. The molecule has 0 aliphatic carbocycles. The quantitative estimate of drug-likeness (QED) is 0.360. The van der Waals surface area contributed by atoms with Gasteiger partial charge in [-0.15, -0.1) is 0 Å². The second-order valence-electron chi connectivity index (χ2n) is 4.89. The molecular weight excluding hydrogens is 280 g/mol. The Kier molecular flexibility index (Phi) is 6.25. The molecule has 5 atom stereocenters. The highest BCUT2D eigenvalue weighted by Crippen LogP contribution is 2.22. The average molecular weight is 300 g/mol. The van der Waals surface area contributed by atoms with Gasteiger partial charge in [0.15, 0.2) is 5.78 Å². The van der Waals surface area contributed by atoms with E-state index in [1.807, 2.05) is 0 Å². The second kappa shape index (κ2) is 7.48. The van der Waals surface area contributed by atoms with Crippen LogP contribution in [0, 0.1) is 0 Å². The summed E-state index contributed by atoms with van der Waals surface area (Å²) in [6.07, 6.45) is -7.34. The van der Waals surface area contributed by atoms with E-state index < -0.39 is 42.7 Å². The molecule has 0 radical (unpaired) electrons. The number of aliphatic hydroxyl groups excluding tert-OH is 5. The summed E-state index contributed by atoms with van der Waals surface area (Å²) < 4.78 is 0. The van der Waals surface area contributed by atoms with Crippen molar-refractivity contribution in [2.75, 3.05) is 6.61 Å². The Hall–Kier alpha value is -1.51. The minimum atomic E-state index is -1.92. The van der Waals surface area contributed by atoms with Crippen LogP contribution in [-0.2, 0) is 4.79 Å². The van der Waals surface area contributed by atoms with Gasteiger partial charge in [0.2, 0.25) is 0 Å². The van der Waals surface area contributed by atoms with Gasteiger partial charge in [-0.25, -0.2) is 0 Å². The molecule has 0 bridgehead atoms. The summed E-state index contributed by atoms with van der Waals surface area (Å²) in [5.74, 6) is -1.51. The molecule has 1 aromatic rings. The van der Waals surface area contributed by atoms with Crippen molar-refractivity contribution in [3.05, 3.63) is 29.8 Å². The summed E-state index contributed by atoms with van der Waals surface area (Å²) in [7, 11) is 0. The van der Waals surface area contributed by atoms with Gasteiger partial charge in [-0.3, -0.25) is 4.79 Å². The Morgan fingerprint density at radius 3 is 2.05 bits per heavy atom. The summed E-state index contributed by atoms with van der Waals surface area (Å²) in [5.41, 5.74) is 0.515. The highest BCUT2D eigenvalue weighted by Gasteiger charge is 2.36. The summed E-state index contributed by atoms with van der Waals surface area (Å²) in [6, 6.07) is 5.75. The topological polar surface area (TPSA) is 138 Å². The molecule has 0 spiro atoms. The van der Waals surface area contributed by atoms with Crippen LogP contribution in [0.1, 0.15) is 18.4 Å². The van der Waals surface area contributed by atoms with Crippen LogP contribution in [-0.4, -0.2) is 67.4 Å². The number of Topliss-reactive ketones (excluding diaryl/α,β-unsaturated/α-hetero) is 1. The number of rotatable bonds is 7. The molecule has 21 heavy (non-hydrogen) atoms. The Morgan fingerprint density at radius 2 is 1.57 bits per heavy atom. The number of hydrogen-bond donors (Lipinski definition) is 6. The fourth-order valence-corrected chi connectivity index (χ4v) is 1.87. The second-order valence-corrected chi connectivity index (χ2v) is 4.89. The lowest BCUT2D eigenvalue weighted by molar-refractivity contribution is -0.148. The van der Waals surface area contributed by atoms with Crippen LogP contribution in [0.2, 0.25) is 0 Å². The van der Waals surface area contributed by atoms with Gasteiger partial charge in [-0.2, -0.15) is 0 Å². The van der Waals surface area contributed by atoms with Gasteiger partial charge in [0.25, 0.3) is 0 Å². The highest BCUT2D eigenvalue weighted by molar-refractivity contribution is 5.89. The van der Waals surface area contributed by atoms with Crippen molar-refractivity contribution in [2.45, 2.75) is 37.3 Å². The number of benzene rings is 1. The third-order valence-electron chi connectivity index (χ3n) is 3.37. The number of aromatic hydroxyl groups is 1. The van der Waals surface area contributed by atoms with Gasteiger partial charge in [-0.1, -0.05) is 19.1 Å². The molecule has 5 unspecified atom stereocenters. The summed E-state index contributed by atoms with van der Waals surface area (Å²) in [4.78, 5) is 12.1. The fourth-order valence-electron chi connectivity index (χ4n) is 1.87. The largest absolute Gasteiger partial charge is 0.508 e. The zero-order valence-corrected chi connectivity index (χ0v) is 11.5. The van der Waals surface area contributed by atoms with E-state index in [1.54, 1.807) is 0 Å². The predicted octanol–water partition coefficient (Wildman–Crippen LogP) is -1.50. The third kappa shape index (κ3) is 4.23. The maximum atomic E-state index is 12.1. The Bertz CT molecular complexity index is 459. The van der Waals surface area contributed by atoms with E-state index in [2.05, 4.69) is 0 Å². The van der Waals surface area contributed by atoms with Gasteiger partial charge in [0.1, 0.15) is 30.2 Å². The molecule has 0 amide bonds. The van der Waals surface area contributed by atoms with Crippen molar-refractivity contribution in [1.82, 2.24) is 0 Å². The first-order valence-corrected chi connectivity index (χ1v) is 6.45. The van der Waals surface area contributed by atoms with Crippen molar-refractivity contribution >= 4 is 5.78 Å². The van der Waals surface area contributed by atoms with E-state index >= 15 is 0 Å². The van der Waals surface area contributed by atoms with Crippen molar-refractivity contribution in [1.29, 1.82) is 0 Å². The molecular formula is C14H20O7. The Labute approximate surface area is 121 Å². The monoisotopic (exact) mass is 300 g/mol. The molecule has 7 nitrogen and oxygen atoms in total. The molecule has 1 rings (SSSR count). The first-order chi connectivity index (χ1) is 9.79. The van der Waals surface area contributed by atoms with Crippen LogP contribution in [0.4, 0.5) is 0 Å². The minimum absolute atomic E-state index is 0.0282. The smallest absolute Gasteiger partial charge is 0.171 e. The maximum Gasteiger partial charge on any atom is 0.171 e. The van der Waals surface area contributed by atoms with Gasteiger partial charge in [-0.05, 0) is 17.7 Å². The van der Waals surface area contributed by atoms with Crippen molar-refractivity contribution in [3.8, 4) is 5.75 Å². The van der Waals surface area contributed by atoms with Crippen LogP contribution < -0.4 is 0 Å². The molecule has 118 valence electrons. The standard InChI is InChI=1S/C14H20O7/c1-7(8-2-4-9(16)5-3-8)11(18)13(20)14(21)12(19)10(17)6-15/h2-5,7,10,12-17,19-21H,6H2,1H3. The Morgan fingerprint density at radius 1 is 1.05 bits per heavy atom. The first kappa shape index (κ1) is 17.5. The van der Waals surface area contributed by atoms with E-state index in [1.165, 1.54) is 31.2 Å². The summed E-state index contributed by atoms with van der Waals surface area (Å²) in [6.45, 7) is 0.687. The molecule has 0 saturated heterocycles. The van der Waals surface area contributed by atoms with E-state index in [4.69, 9.17) is 5.11 Å². The molecule has 0 aliphatic heterocycles. The number of phenolic OH excluding ortho intramolecular Hbond substituents is 1. The fraction of sp³-hybridized carbons (Fsp3) is 0.500. The molecule has 0 saturated carbocycles. The maximum absolute atomic E-state index is 12.1. The summed E-state index contributed by atoms with van der Waals surface area (Å²) >= 11 is 0. The van der Waals surface area contributed by atoms with Gasteiger partial charge < -0.3 is 30.6 Å². The number of phenols is 1. The van der Waals surface area contributed by atoms with Gasteiger partial charge >= 0.3 is 0 Å². The van der Waals surface area contributed by atoms with Crippen molar-refractivity contribution in [2.24, 2.45) is 0 Å². The lowest BCUT2D eigenvalue weighted by Gasteiger charge is -2.26. The van der Waals surface area contributed by atoms with Crippen LogP contribution in [0.3, 0.4) is 0 Å². The number of hydrogen-bond acceptors (Lipinski definition) is 7. The van der Waals surface area contributed by atoms with Gasteiger partial charge in [0, 0.05) is 5.92 Å². The van der Waals surface area contributed by atoms with Crippen LogP contribution in [0.25, 0.3) is 0 Å². The molecule has 0 heterocycles. The van der Waals surface area contributed by atoms with Crippen LogP contribution in [0.15, 0.2) is 24.3 Å². The predicted molar refractivity (Wildman–Crippen MR) is 72.6 cm³/mol. The van der Waals surface area contributed by atoms with E-state index in [0.717, 1.165) is 0 Å². The lowest BCUT2D eigenvalue weighted by atomic mass is 9.89. The van der Waals surface area contributed by atoms with Crippen molar-refractivity contribution < 1.29 is 35.4 Å². The third-order valence-corrected chi connectivity index (χ3v) is 3.37. The number of carbonyl (C=O) groups is 1. The van der Waals surface area contributed by atoms with Crippen LogP contribution in [0.5, 0.6) is 5.75 Å². The van der Waals surface area contributed by atoms with E-state index in [9.17, 15) is 30.3 Å². The number of carbonyl (C=O) groups excluding carboxylic acids is 1. The summed E-state index contributed by atoms with van der Waals surface area (Å²) in [5, 5.41) is 56.0. The zero-order chi connectivity index (χ0) is 16.2. The molecule has 0 aromatic heterocycles. The highest BCUT2D eigenvalue weighted by atomic mass is 16.4. The zero-order valence-electron chi connectivity index (χ0n) is 11.5. The molecule has 6 N–H and O–H groups in total. The van der Waals surface area contributed by atoms with E-state index in [-0.39, 0.29) is 5.75 Å². The molecule has 7 heteroatoms. The molecule has 0 aliphatic rings. The number of aliphatic hydroxyl groups is 5. The Balaban J connectivity index is 2.79. The van der Waals surface area contributed by atoms with Crippen LogP contribution >= 0.6 is 0 Å². The lowest BCUT2D eigenvalue weighted by Crippen LogP contribution is -2.49. The van der Waals surface area contributed by atoms with Gasteiger partial charge in [0.05, 0.1) is 6.61 Å².